The minimum Gasteiger partial charge on any atom is -0.376 e. The molecule has 3 heteroatoms. The van der Waals surface area contributed by atoms with Crippen molar-refractivity contribution in [2.45, 2.75) is 6.42 Å². The molecular weight excluding hydrogens is 150 g/mol. The van der Waals surface area contributed by atoms with Crippen LogP contribution in [0.2, 0.25) is 0 Å². The fraction of sp³-hybridized carbons (Fsp3) is 0.333. The zero-order chi connectivity index (χ0) is 8.23. The first-order chi connectivity index (χ1) is 5.95. The second-order valence-corrected chi connectivity index (χ2v) is 2.91. The molecule has 2 rings (SSSR count). The Labute approximate surface area is 71.9 Å². The lowest BCUT2D eigenvalue weighted by Gasteiger charge is -2.15. The minimum atomic E-state index is 0.881. The summed E-state index contributed by atoms with van der Waals surface area (Å²) in [6.07, 6.45) is 5.12. The van der Waals surface area contributed by atoms with Gasteiger partial charge in [-0.15, -0.1) is 0 Å². The monoisotopic (exact) mass is 163 g/mol. The molecule has 2 heterocycles. The first-order valence-electron chi connectivity index (χ1n) is 4.21. The predicted molar refractivity (Wildman–Crippen MR) is 48.6 cm³/mol. The van der Waals surface area contributed by atoms with Crippen molar-refractivity contribution in [1.82, 2.24) is 15.6 Å². The van der Waals surface area contributed by atoms with E-state index in [1.54, 1.807) is 0 Å². The minimum absolute atomic E-state index is 0.881. The zero-order valence-corrected chi connectivity index (χ0v) is 6.93. The summed E-state index contributed by atoms with van der Waals surface area (Å²) < 4.78 is 0. The molecule has 0 aliphatic carbocycles. The average Bonchev–Trinajstić information content (AvgIpc) is 2.59. The smallest absolute Gasteiger partial charge is 0.0652 e. The molecule has 3 N–H and O–H groups in total. The van der Waals surface area contributed by atoms with Gasteiger partial charge >= 0.3 is 0 Å². The summed E-state index contributed by atoms with van der Waals surface area (Å²) in [5.74, 6) is 0. The maximum Gasteiger partial charge on any atom is 0.0652 e. The van der Waals surface area contributed by atoms with Crippen molar-refractivity contribution < 1.29 is 0 Å². The molecule has 1 aliphatic heterocycles. The molecule has 0 spiro atoms. The van der Waals surface area contributed by atoms with Crippen LogP contribution in [0.3, 0.4) is 0 Å². The Bertz CT molecular complexity index is 261. The molecular formula is C9H13N3. The van der Waals surface area contributed by atoms with E-state index >= 15 is 0 Å². The third-order valence-electron chi connectivity index (χ3n) is 1.98. The van der Waals surface area contributed by atoms with E-state index in [4.69, 9.17) is 0 Å². The summed E-state index contributed by atoms with van der Waals surface area (Å²) in [4.78, 5) is 3.18. The predicted octanol–water partition coefficient (Wildman–Crippen LogP) is 0.591. The van der Waals surface area contributed by atoms with Crippen LogP contribution in [0.25, 0.3) is 0 Å². The van der Waals surface area contributed by atoms with Crippen LogP contribution in [0.1, 0.15) is 5.69 Å². The third kappa shape index (κ3) is 1.68. The summed E-state index contributed by atoms with van der Waals surface area (Å²) in [6, 6.07) is 4.13. The van der Waals surface area contributed by atoms with Gasteiger partial charge in [0.15, 0.2) is 0 Å². The number of aromatic amines is 1. The molecule has 1 aliphatic rings. The lowest BCUT2D eigenvalue weighted by Crippen LogP contribution is -2.34. The normalized spacial score (nSPS) is 16.8. The van der Waals surface area contributed by atoms with Crippen LogP contribution in [0.4, 0.5) is 0 Å². The summed E-state index contributed by atoms with van der Waals surface area (Å²) >= 11 is 0. The van der Waals surface area contributed by atoms with E-state index in [-0.39, 0.29) is 0 Å². The second kappa shape index (κ2) is 3.45. The van der Waals surface area contributed by atoms with Gasteiger partial charge in [-0.05, 0) is 12.1 Å². The van der Waals surface area contributed by atoms with Gasteiger partial charge in [-0.2, -0.15) is 0 Å². The van der Waals surface area contributed by atoms with E-state index in [0.717, 1.165) is 19.6 Å². The highest BCUT2D eigenvalue weighted by molar-refractivity contribution is 5.15. The Balaban J connectivity index is 1.98. The van der Waals surface area contributed by atoms with Gasteiger partial charge in [-0.25, -0.2) is 0 Å². The van der Waals surface area contributed by atoms with E-state index in [9.17, 15) is 0 Å². The molecule has 0 atom stereocenters. The maximum atomic E-state index is 3.29. The maximum absolute atomic E-state index is 3.29. The third-order valence-corrected chi connectivity index (χ3v) is 1.98. The number of rotatable bonds is 2. The number of hydrogen-bond donors (Lipinski definition) is 3. The van der Waals surface area contributed by atoms with E-state index in [2.05, 4.69) is 27.8 Å². The van der Waals surface area contributed by atoms with Gasteiger partial charge in [0.1, 0.15) is 0 Å². The molecule has 1 aromatic heterocycles. The van der Waals surface area contributed by atoms with E-state index in [1.165, 1.54) is 11.4 Å². The molecule has 0 saturated carbocycles. The second-order valence-electron chi connectivity index (χ2n) is 2.91. The Kier molecular flexibility index (Phi) is 2.14. The Hall–Kier alpha value is -1.22. The van der Waals surface area contributed by atoms with Crippen LogP contribution in [-0.4, -0.2) is 18.2 Å². The highest BCUT2D eigenvalue weighted by Gasteiger charge is 2.02. The highest BCUT2D eigenvalue weighted by atomic mass is 15.1. The van der Waals surface area contributed by atoms with Crippen molar-refractivity contribution >= 4 is 0 Å². The van der Waals surface area contributed by atoms with Crippen molar-refractivity contribution in [2.24, 2.45) is 0 Å². The van der Waals surface area contributed by atoms with Crippen molar-refractivity contribution in [3.8, 4) is 0 Å². The van der Waals surface area contributed by atoms with Gasteiger partial charge in [0.25, 0.3) is 0 Å². The lowest BCUT2D eigenvalue weighted by molar-refractivity contribution is 0.625. The van der Waals surface area contributed by atoms with Gasteiger partial charge in [0, 0.05) is 30.6 Å². The molecule has 0 unspecified atom stereocenters. The van der Waals surface area contributed by atoms with Gasteiger partial charge in [0.2, 0.25) is 0 Å². The van der Waals surface area contributed by atoms with Crippen LogP contribution >= 0.6 is 0 Å². The van der Waals surface area contributed by atoms with Crippen LogP contribution in [0.5, 0.6) is 0 Å². The summed E-state index contributed by atoms with van der Waals surface area (Å²) in [5, 5.41) is 6.48. The summed E-state index contributed by atoms with van der Waals surface area (Å²) in [6.45, 7) is 1.86. The van der Waals surface area contributed by atoms with Gasteiger partial charge < -0.3 is 10.3 Å². The Morgan fingerprint density at radius 3 is 3.08 bits per heavy atom. The first kappa shape index (κ1) is 7.43. The summed E-state index contributed by atoms with van der Waals surface area (Å²) in [5.41, 5.74) is 2.56. The Morgan fingerprint density at radius 1 is 1.42 bits per heavy atom. The average molecular weight is 163 g/mol. The van der Waals surface area contributed by atoms with Crippen LogP contribution in [0.15, 0.2) is 30.1 Å². The molecule has 3 nitrogen and oxygen atoms in total. The fourth-order valence-electron chi connectivity index (χ4n) is 1.33. The van der Waals surface area contributed by atoms with E-state index in [0.29, 0.717) is 0 Å². The zero-order valence-electron chi connectivity index (χ0n) is 6.93. The van der Waals surface area contributed by atoms with Crippen LogP contribution < -0.4 is 10.6 Å². The van der Waals surface area contributed by atoms with Gasteiger partial charge in [0.05, 0.1) is 6.67 Å². The molecule has 0 fully saturated rings. The standard InChI is InChI=1S/C9H13N3/c1-2-8(11-4-1)6-9-3-5-10-7-12-9/h1-4,10-12H,5-7H2. The SMILES string of the molecule is C1=C(Cc2ccc[nH]2)NCNC1. The number of aromatic nitrogens is 1. The topological polar surface area (TPSA) is 39.9 Å². The van der Waals surface area contributed by atoms with Crippen molar-refractivity contribution in [2.75, 3.05) is 13.2 Å². The van der Waals surface area contributed by atoms with Crippen LogP contribution in [0, 0.1) is 0 Å². The van der Waals surface area contributed by atoms with Crippen molar-refractivity contribution in [3.05, 3.63) is 35.8 Å². The fourth-order valence-corrected chi connectivity index (χ4v) is 1.33. The number of allylic oxidation sites excluding steroid dienone is 1. The summed E-state index contributed by atoms with van der Waals surface area (Å²) in [7, 11) is 0. The molecule has 0 aromatic carbocycles. The van der Waals surface area contributed by atoms with Crippen LogP contribution in [-0.2, 0) is 6.42 Å². The molecule has 0 bridgehead atoms. The molecule has 0 saturated heterocycles. The molecule has 0 radical (unpaired) electrons. The molecule has 0 amide bonds. The van der Waals surface area contributed by atoms with E-state index in [1.807, 2.05) is 12.3 Å². The molecule has 1 aromatic rings. The lowest BCUT2D eigenvalue weighted by atomic mass is 10.2. The van der Waals surface area contributed by atoms with Gasteiger partial charge in [-0.3, -0.25) is 5.32 Å². The van der Waals surface area contributed by atoms with Gasteiger partial charge in [-0.1, -0.05) is 6.08 Å². The van der Waals surface area contributed by atoms with Crippen molar-refractivity contribution in [1.29, 1.82) is 0 Å². The first-order valence-corrected chi connectivity index (χ1v) is 4.21. The number of H-pyrrole nitrogens is 1. The van der Waals surface area contributed by atoms with E-state index < -0.39 is 0 Å². The number of nitrogens with one attached hydrogen (secondary N) is 3. The molecule has 12 heavy (non-hydrogen) atoms. The van der Waals surface area contributed by atoms with Crippen molar-refractivity contribution in [3.63, 3.8) is 0 Å². The Morgan fingerprint density at radius 2 is 2.42 bits per heavy atom. The quantitative estimate of drug-likeness (QED) is 0.597. The highest BCUT2D eigenvalue weighted by Crippen LogP contribution is 2.03. The molecule has 64 valence electrons. The number of hydrogen-bond acceptors (Lipinski definition) is 2. The largest absolute Gasteiger partial charge is 0.376 e.